The van der Waals surface area contributed by atoms with E-state index in [4.69, 9.17) is 5.11 Å². The molecule has 0 aromatic heterocycles. The van der Waals surface area contributed by atoms with Gasteiger partial charge in [-0.2, -0.15) is 0 Å². The molecule has 0 aromatic carbocycles. The van der Waals surface area contributed by atoms with Crippen LogP contribution in [0.25, 0.3) is 0 Å². The Morgan fingerprint density at radius 2 is 2.40 bits per heavy atom. The Bertz CT molecular complexity index is 209. The van der Waals surface area contributed by atoms with Gasteiger partial charge in [0.2, 0.25) is 0 Å². The molecule has 0 radical (unpaired) electrons. The predicted octanol–water partition coefficient (Wildman–Crippen LogP) is 0.781. The largest absolute Gasteiger partial charge is 0.480 e. The zero-order valence-electron chi connectivity index (χ0n) is 9.70. The first kappa shape index (κ1) is 12.5. The summed E-state index contributed by atoms with van der Waals surface area (Å²) < 4.78 is 0. The van der Waals surface area contributed by atoms with Gasteiger partial charge < -0.3 is 15.3 Å². The lowest BCUT2D eigenvalue weighted by atomic mass is 10.1. The van der Waals surface area contributed by atoms with E-state index in [2.05, 4.69) is 17.3 Å². The van der Waals surface area contributed by atoms with Crippen LogP contribution in [0.5, 0.6) is 0 Å². The lowest BCUT2D eigenvalue weighted by molar-refractivity contribution is -0.139. The molecule has 1 aliphatic heterocycles. The minimum Gasteiger partial charge on any atom is -0.480 e. The molecule has 0 bridgehead atoms. The fraction of sp³-hybridized carbons (Fsp3) is 0.909. The van der Waals surface area contributed by atoms with Crippen molar-refractivity contribution in [1.82, 2.24) is 10.2 Å². The number of carboxylic acids is 1. The molecule has 4 heteroatoms. The van der Waals surface area contributed by atoms with Gasteiger partial charge in [-0.05, 0) is 32.4 Å². The molecule has 0 aromatic rings. The fourth-order valence-electron chi connectivity index (χ4n) is 2.10. The van der Waals surface area contributed by atoms with Crippen molar-refractivity contribution >= 4 is 5.97 Å². The van der Waals surface area contributed by atoms with Crippen LogP contribution in [0.15, 0.2) is 0 Å². The quantitative estimate of drug-likeness (QED) is 0.686. The molecule has 15 heavy (non-hydrogen) atoms. The Labute approximate surface area is 91.6 Å². The van der Waals surface area contributed by atoms with Crippen LogP contribution in [0.4, 0.5) is 0 Å². The smallest absolute Gasteiger partial charge is 0.320 e. The van der Waals surface area contributed by atoms with Gasteiger partial charge in [0, 0.05) is 13.1 Å². The molecule has 1 saturated heterocycles. The molecule has 1 fully saturated rings. The number of carboxylic acid groups (broad SMARTS) is 1. The van der Waals surface area contributed by atoms with E-state index in [1.807, 2.05) is 6.92 Å². The summed E-state index contributed by atoms with van der Waals surface area (Å²) >= 11 is 0. The summed E-state index contributed by atoms with van der Waals surface area (Å²) in [5.41, 5.74) is 0. The molecule has 0 saturated carbocycles. The van der Waals surface area contributed by atoms with Gasteiger partial charge in [-0.1, -0.05) is 13.3 Å². The van der Waals surface area contributed by atoms with Gasteiger partial charge in [-0.3, -0.25) is 4.79 Å². The summed E-state index contributed by atoms with van der Waals surface area (Å²) in [6, 6.07) is -0.360. The second-order valence-corrected chi connectivity index (χ2v) is 4.50. The van der Waals surface area contributed by atoms with E-state index in [1.165, 1.54) is 6.42 Å². The Kier molecular flexibility index (Phi) is 5.05. The van der Waals surface area contributed by atoms with Gasteiger partial charge in [0.15, 0.2) is 0 Å². The first-order valence-electron chi connectivity index (χ1n) is 5.78. The average molecular weight is 214 g/mol. The van der Waals surface area contributed by atoms with Crippen LogP contribution in [0.3, 0.4) is 0 Å². The van der Waals surface area contributed by atoms with Crippen LogP contribution in [-0.4, -0.2) is 48.7 Å². The van der Waals surface area contributed by atoms with Gasteiger partial charge in [-0.25, -0.2) is 0 Å². The van der Waals surface area contributed by atoms with Crippen molar-refractivity contribution < 1.29 is 9.90 Å². The first-order valence-corrected chi connectivity index (χ1v) is 5.78. The maximum absolute atomic E-state index is 10.9. The molecular weight excluding hydrogens is 192 g/mol. The van der Waals surface area contributed by atoms with E-state index in [0.717, 1.165) is 32.5 Å². The molecule has 4 nitrogen and oxygen atoms in total. The Hall–Kier alpha value is -0.610. The van der Waals surface area contributed by atoms with E-state index in [-0.39, 0.29) is 6.04 Å². The van der Waals surface area contributed by atoms with Crippen molar-refractivity contribution in [2.45, 2.75) is 32.2 Å². The third kappa shape index (κ3) is 4.18. The number of rotatable bonds is 6. The SMILES string of the molecule is CCCC(NCC1CCN(C)C1)C(=O)O. The number of nitrogens with one attached hydrogen (secondary N) is 1. The average Bonchev–Trinajstić information content (AvgIpc) is 2.58. The molecule has 1 heterocycles. The molecule has 2 unspecified atom stereocenters. The number of likely N-dealkylation sites (tertiary alicyclic amines) is 1. The van der Waals surface area contributed by atoms with Gasteiger partial charge in [0.1, 0.15) is 6.04 Å². The second kappa shape index (κ2) is 6.08. The third-order valence-electron chi connectivity index (χ3n) is 3.02. The maximum atomic E-state index is 10.9. The lowest BCUT2D eigenvalue weighted by Gasteiger charge is -2.16. The Balaban J connectivity index is 2.24. The molecule has 0 amide bonds. The van der Waals surface area contributed by atoms with Crippen molar-refractivity contribution in [2.75, 3.05) is 26.7 Å². The third-order valence-corrected chi connectivity index (χ3v) is 3.02. The molecule has 88 valence electrons. The van der Waals surface area contributed by atoms with Gasteiger partial charge in [0.25, 0.3) is 0 Å². The van der Waals surface area contributed by atoms with Gasteiger partial charge in [0.05, 0.1) is 0 Å². The van der Waals surface area contributed by atoms with Crippen molar-refractivity contribution in [3.8, 4) is 0 Å². The topological polar surface area (TPSA) is 52.6 Å². The summed E-state index contributed by atoms with van der Waals surface area (Å²) in [5, 5.41) is 12.1. The highest BCUT2D eigenvalue weighted by Gasteiger charge is 2.22. The summed E-state index contributed by atoms with van der Waals surface area (Å²) in [7, 11) is 2.11. The van der Waals surface area contributed by atoms with Crippen LogP contribution in [0.1, 0.15) is 26.2 Å². The normalized spacial score (nSPS) is 24.3. The monoisotopic (exact) mass is 214 g/mol. The Morgan fingerprint density at radius 1 is 1.67 bits per heavy atom. The van der Waals surface area contributed by atoms with E-state index in [1.54, 1.807) is 0 Å². The van der Waals surface area contributed by atoms with Crippen molar-refractivity contribution in [3.63, 3.8) is 0 Å². The van der Waals surface area contributed by atoms with E-state index < -0.39 is 5.97 Å². The maximum Gasteiger partial charge on any atom is 0.320 e. The molecule has 2 atom stereocenters. The Morgan fingerprint density at radius 3 is 2.87 bits per heavy atom. The molecule has 0 aliphatic carbocycles. The van der Waals surface area contributed by atoms with Crippen molar-refractivity contribution in [2.24, 2.45) is 5.92 Å². The van der Waals surface area contributed by atoms with Crippen molar-refractivity contribution in [1.29, 1.82) is 0 Å². The van der Waals surface area contributed by atoms with E-state index >= 15 is 0 Å². The highest BCUT2D eigenvalue weighted by Crippen LogP contribution is 2.13. The second-order valence-electron chi connectivity index (χ2n) is 4.50. The minimum absolute atomic E-state index is 0.360. The van der Waals surface area contributed by atoms with Gasteiger partial charge in [-0.15, -0.1) is 0 Å². The minimum atomic E-state index is -0.719. The predicted molar refractivity (Wildman–Crippen MR) is 59.9 cm³/mol. The van der Waals surface area contributed by atoms with E-state index in [9.17, 15) is 4.79 Å². The highest BCUT2D eigenvalue weighted by molar-refractivity contribution is 5.73. The zero-order chi connectivity index (χ0) is 11.3. The number of hydrogen-bond acceptors (Lipinski definition) is 3. The van der Waals surface area contributed by atoms with Crippen LogP contribution >= 0.6 is 0 Å². The zero-order valence-corrected chi connectivity index (χ0v) is 9.70. The summed E-state index contributed by atoms with van der Waals surface area (Å²) in [4.78, 5) is 13.2. The van der Waals surface area contributed by atoms with Crippen molar-refractivity contribution in [3.05, 3.63) is 0 Å². The van der Waals surface area contributed by atoms with E-state index in [0.29, 0.717) is 5.92 Å². The van der Waals surface area contributed by atoms with Crippen LogP contribution in [0, 0.1) is 5.92 Å². The van der Waals surface area contributed by atoms with Crippen LogP contribution in [0.2, 0.25) is 0 Å². The molecule has 0 spiro atoms. The summed E-state index contributed by atoms with van der Waals surface area (Å²) in [6.07, 6.45) is 2.81. The van der Waals surface area contributed by atoms with Gasteiger partial charge >= 0.3 is 5.97 Å². The fourth-order valence-corrected chi connectivity index (χ4v) is 2.10. The van der Waals surface area contributed by atoms with Crippen LogP contribution in [-0.2, 0) is 4.79 Å². The number of aliphatic carboxylic acids is 1. The molecule has 1 rings (SSSR count). The molecular formula is C11H22N2O2. The first-order chi connectivity index (χ1) is 7.13. The standard InChI is InChI=1S/C11H22N2O2/c1-3-4-10(11(14)15)12-7-9-5-6-13(2)8-9/h9-10,12H,3-8H2,1-2H3,(H,14,15). The number of hydrogen-bond donors (Lipinski definition) is 2. The van der Waals surface area contributed by atoms with Crippen LogP contribution < -0.4 is 5.32 Å². The number of carbonyl (C=O) groups is 1. The molecule has 1 aliphatic rings. The summed E-state index contributed by atoms with van der Waals surface area (Å²) in [6.45, 7) is 5.07. The number of nitrogens with zero attached hydrogens (tertiary/aromatic N) is 1. The highest BCUT2D eigenvalue weighted by atomic mass is 16.4. The lowest BCUT2D eigenvalue weighted by Crippen LogP contribution is -2.39. The summed E-state index contributed by atoms with van der Waals surface area (Å²) in [5.74, 6) is -0.100. The molecule has 2 N–H and O–H groups in total.